The van der Waals surface area contributed by atoms with Gasteiger partial charge in [0.15, 0.2) is 6.61 Å². The van der Waals surface area contributed by atoms with Crippen LogP contribution in [-0.4, -0.2) is 12.5 Å². The first-order chi connectivity index (χ1) is 9.54. The second kappa shape index (κ2) is 6.39. The molecule has 0 aliphatic rings. The summed E-state index contributed by atoms with van der Waals surface area (Å²) in [4.78, 5) is 11.7. The maximum atomic E-state index is 13.1. The Morgan fingerprint density at radius 3 is 2.85 bits per heavy atom. The third kappa shape index (κ3) is 3.96. The first-order valence-corrected chi connectivity index (χ1v) is 6.37. The van der Waals surface area contributed by atoms with Crippen molar-refractivity contribution in [2.75, 3.05) is 11.9 Å². The number of anilines is 1. The highest BCUT2D eigenvalue weighted by Gasteiger charge is 2.06. The summed E-state index contributed by atoms with van der Waals surface area (Å²) in [7, 11) is 0. The van der Waals surface area contributed by atoms with Gasteiger partial charge >= 0.3 is 0 Å². The number of halogens is 2. The molecular weight excluding hydrogens is 281 g/mol. The molecule has 0 aliphatic carbocycles. The molecule has 5 heteroatoms. The van der Waals surface area contributed by atoms with E-state index in [1.165, 1.54) is 12.1 Å². The van der Waals surface area contributed by atoms with Crippen LogP contribution in [0.4, 0.5) is 10.1 Å². The molecule has 0 saturated heterocycles. The lowest BCUT2D eigenvalue weighted by Gasteiger charge is -2.09. The van der Waals surface area contributed by atoms with Gasteiger partial charge in [0.05, 0.1) is 0 Å². The van der Waals surface area contributed by atoms with Crippen molar-refractivity contribution in [3.8, 4) is 5.75 Å². The zero-order valence-corrected chi connectivity index (χ0v) is 11.6. The van der Waals surface area contributed by atoms with Gasteiger partial charge in [-0.15, -0.1) is 0 Å². The van der Waals surface area contributed by atoms with Crippen molar-refractivity contribution in [2.24, 2.45) is 0 Å². The van der Waals surface area contributed by atoms with Gasteiger partial charge in [-0.25, -0.2) is 4.39 Å². The Balaban J connectivity index is 1.94. The van der Waals surface area contributed by atoms with Crippen molar-refractivity contribution in [3.05, 3.63) is 58.9 Å². The lowest BCUT2D eigenvalue weighted by Crippen LogP contribution is -2.20. The van der Waals surface area contributed by atoms with Crippen LogP contribution in [0.1, 0.15) is 5.56 Å². The number of hydrogen-bond acceptors (Lipinski definition) is 2. The highest BCUT2D eigenvalue weighted by atomic mass is 35.5. The van der Waals surface area contributed by atoms with E-state index < -0.39 is 5.82 Å². The molecular formula is C15H13ClFNO2. The van der Waals surface area contributed by atoms with Crippen LogP contribution < -0.4 is 10.1 Å². The van der Waals surface area contributed by atoms with Crippen LogP contribution in [-0.2, 0) is 4.79 Å². The van der Waals surface area contributed by atoms with Crippen LogP contribution in [0.15, 0.2) is 42.5 Å². The minimum absolute atomic E-state index is 0.198. The average Bonchev–Trinajstić information content (AvgIpc) is 2.40. The van der Waals surface area contributed by atoms with E-state index >= 15 is 0 Å². The minimum atomic E-state index is -0.402. The Labute approximate surface area is 121 Å². The molecule has 0 radical (unpaired) electrons. The van der Waals surface area contributed by atoms with Gasteiger partial charge < -0.3 is 10.1 Å². The molecule has 3 nitrogen and oxygen atoms in total. The van der Waals surface area contributed by atoms with Gasteiger partial charge in [-0.3, -0.25) is 4.79 Å². The van der Waals surface area contributed by atoms with Crippen molar-refractivity contribution < 1.29 is 13.9 Å². The highest BCUT2D eigenvalue weighted by Crippen LogP contribution is 2.19. The molecule has 2 aromatic carbocycles. The fraction of sp³-hybridized carbons (Fsp3) is 0.133. The largest absolute Gasteiger partial charge is 0.483 e. The average molecular weight is 294 g/mol. The van der Waals surface area contributed by atoms with Crippen molar-refractivity contribution in [2.45, 2.75) is 6.92 Å². The van der Waals surface area contributed by atoms with Gasteiger partial charge in [-0.05, 0) is 36.8 Å². The number of aryl methyl sites for hydroxylation is 1. The molecule has 0 bridgehead atoms. The van der Waals surface area contributed by atoms with Crippen LogP contribution in [0, 0.1) is 12.7 Å². The van der Waals surface area contributed by atoms with Crippen LogP contribution >= 0.6 is 11.6 Å². The molecule has 0 spiro atoms. The maximum absolute atomic E-state index is 13.1. The Morgan fingerprint density at radius 1 is 1.30 bits per heavy atom. The van der Waals surface area contributed by atoms with Crippen molar-refractivity contribution in [3.63, 3.8) is 0 Å². The van der Waals surface area contributed by atoms with E-state index in [2.05, 4.69) is 5.32 Å². The fourth-order valence-electron chi connectivity index (χ4n) is 1.64. The summed E-state index contributed by atoms with van der Waals surface area (Å²) in [6, 6.07) is 11.0. The molecule has 0 atom stereocenters. The predicted molar refractivity (Wildman–Crippen MR) is 76.7 cm³/mol. The monoisotopic (exact) mass is 293 g/mol. The quantitative estimate of drug-likeness (QED) is 0.931. The molecule has 0 aliphatic heterocycles. The second-order valence-corrected chi connectivity index (χ2v) is 4.69. The smallest absolute Gasteiger partial charge is 0.262 e. The summed E-state index contributed by atoms with van der Waals surface area (Å²) in [5.74, 6) is -0.386. The van der Waals surface area contributed by atoms with Gasteiger partial charge in [-0.1, -0.05) is 23.7 Å². The van der Waals surface area contributed by atoms with Crippen molar-refractivity contribution in [1.82, 2.24) is 0 Å². The lowest BCUT2D eigenvalue weighted by molar-refractivity contribution is -0.118. The first kappa shape index (κ1) is 14.3. The van der Waals surface area contributed by atoms with Gasteiger partial charge in [0.1, 0.15) is 11.6 Å². The number of benzene rings is 2. The van der Waals surface area contributed by atoms with E-state index in [0.29, 0.717) is 16.5 Å². The van der Waals surface area contributed by atoms with Gasteiger partial charge in [0.2, 0.25) is 0 Å². The van der Waals surface area contributed by atoms with E-state index in [9.17, 15) is 9.18 Å². The standard InChI is InChI=1S/C15H13ClFNO2/c1-10-5-6-12(17)8-14(10)20-9-15(19)18-13-4-2-3-11(16)7-13/h2-8H,9H2,1H3,(H,18,19). The van der Waals surface area contributed by atoms with Crippen molar-refractivity contribution in [1.29, 1.82) is 0 Å². The highest BCUT2D eigenvalue weighted by molar-refractivity contribution is 6.30. The van der Waals surface area contributed by atoms with E-state index in [1.54, 1.807) is 37.3 Å². The third-order valence-corrected chi connectivity index (χ3v) is 2.85. The minimum Gasteiger partial charge on any atom is -0.483 e. The number of ether oxygens (including phenoxy) is 1. The third-order valence-electron chi connectivity index (χ3n) is 2.62. The normalized spacial score (nSPS) is 10.2. The van der Waals surface area contributed by atoms with Crippen LogP contribution in [0.3, 0.4) is 0 Å². The maximum Gasteiger partial charge on any atom is 0.262 e. The Bertz CT molecular complexity index is 631. The molecule has 2 rings (SSSR count). The fourth-order valence-corrected chi connectivity index (χ4v) is 1.83. The molecule has 20 heavy (non-hydrogen) atoms. The summed E-state index contributed by atoms with van der Waals surface area (Å²) in [5.41, 5.74) is 1.35. The number of amides is 1. The number of nitrogens with one attached hydrogen (secondary N) is 1. The van der Waals surface area contributed by atoms with E-state index in [1.807, 2.05) is 0 Å². The molecule has 0 aromatic heterocycles. The Hall–Kier alpha value is -2.07. The zero-order chi connectivity index (χ0) is 14.5. The molecule has 0 saturated carbocycles. The Morgan fingerprint density at radius 2 is 2.10 bits per heavy atom. The molecule has 104 valence electrons. The van der Waals surface area contributed by atoms with E-state index in [-0.39, 0.29) is 12.5 Å². The van der Waals surface area contributed by atoms with Gasteiger partial charge in [-0.2, -0.15) is 0 Å². The van der Waals surface area contributed by atoms with Crippen molar-refractivity contribution >= 4 is 23.2 Å². The zero-order valence-electron chi connectivity index (χ0n) is 10.8. The lowest BCUT2D eigenvalue weighted by atomic mass is 10.2. The number of carbonyl (C=O) groups excluding carboxylic acids is 1. The molecule has 2 aromatic rings. The molecule has 0 fully saturated rings. The van der Waals surface area contributed by atoms with Gasteiger partial charge in [0.25, 0.3) is 5.91 Å². The summed E-state index contributed by atoms with van der Waals surface area (Å²) < 4.78 is 18.4. The summed E-state index contributed by atoms with van der Waals surface area (Å²) in [6.07, 6.45) is 0. The van der Waals surface area contributed by atoms with E-state index in [4.69, 9.17) is 16.3 Å². The van der Waals surface area contributed by atoms with Crippen LogP contribution in [0.25, 0.3) is 0 Å². The Kier molecular flexibility index (Phi) is 4.58. The molecule has 0 heterocycles. The predicted octanol–water partition coefficient (Wildman–Crippen LogP) is 3.81. The molecule has 0 unspecified atom stereocenters. The number of carbonyl (C=O) groups is 1. The topological polar surface area (TPSA) is 38.3 Å². The summed E-state index contributed by atoms with van der Waals surface area (Å²) >= 11 is 5.82. The number of hydrogen-bond donors (Lipinski definition) is 1. The first-order valence-electron chi connectivity index (χ1n) is 5.99. The SMILES string of the molecule is Cc1ccc(F)cc1OCC(=O)Nc1cccc(Cl)c1. The second-order valence-electron chi connectivity index (χ2n) is 4.26. The number of rotatable bonds is 4. The van der Waals surface area contributed by atoms with Crippen LogP contribution in [0.2, 0.25) is 5.02 Å². The van der Waals surface area contributed by atoms with Crippen LogP contribution in [0.5, 0.6) is 5.75 Å². The van der Waals surface area contributed by atoms with Gasteiger partial charge in [0, 0.05) is 16.8 Å². The van der Waals surface area contributed by atoms with E-state index in [0.717, 1.165) is 5.56 Å². The molecule has 1 amide bonds. The summed E-state index contributed by atoms with van der Waals surface area (Å²) in [5, 5.41) is 3.18. The summed E-state index contributed by atoms with van der Waals surface area (Å²) in [6.45, 7) is 1.58. The molecule has 1 N–H and O–H groups in total.